The molecule has 2 nitrogen and oxygen atoms in total. The van der Waals surface area contributed by atoms with Gasteiger partial charge in [-0.3, -0.25) is 4.90 Å². The molecule has 23 heavy (non-hydrogen) atoms. The summed E-state index contributed by atoms with van der Waals surface area (Å²) < 4.78 is 5.57. The minimum atomic E-state index is 0.477. The van der Waals surface area contributed by atoms with Crippen molar-refractivity contribution in [1.82, 2.24) is 4.90 Å². The molecule has 1 aliphatic heterocycles. The Labute approximate surface area is 144 Å². The number of allylic oxidation sites excluding steroid dienone is 2. The molecule has 0 radical (unpaired) electrons. The Morgan fingerprint density at radius 3 is 2.35 bits per heavy atom. The van der Waals surface area contributed by atoms with Crippen molar-refractivity contribution in [1.29, 1.82) is 0 Å². The van der Waals surface area contributed by atoms with Crippen LogP contribution in [0, 0.1) is 11.8 Å². The Bertz CT molecular complexity index is 454. The molecule has 0 aliphatic carbocycles. The molecule has 0 aromatic heterocycles. The number of piperidine rings is 1. The molecule has 2 heteroatoms. The summed E-state index contributed by atoms with van der Waals surface area (Å²) >= 11 is 0. The Hall–Kier alpha value is -1.02. The van der Waals surface area contributed by atoms with Crippen molar-refractivity contribution in [3.63, 3.8) is 0 Å². The number of ether oxygens (including phenoxy) is 1. The maximum absolute atomic E-state index is 5.57. The van der Waals surface area contributed by atoms with Crippen LogP contribution in [0.3, 0.4) is 0 Å². The summed E-state index contributed by atoms with van der Waals surface area (Å²) in [4.78, 5) is 2.63. The highest BCUT2D eigenvalue weighted by atomic mass is 16.5. The van der Waals surface area contributed by atoms with Crippen molar-refractivity contribution in [2.24, 2.45) is 11.8 Å². The Balaban J connectivity index is 3.02. The lowest BCUT2D eigenvalue weighted by molar-refractivity contribution is 0.123. The normalized spacial score (nSPS) is 23.0. The molecule has 2 unspecified atom stereocenters. The number of hydrogen-bond donors (Lipinski definition) is 0. The van der Waals surface area contributed by atoms with E-state index >= 15 is 0 Å². The van der Waals surface area contributed by atoms with Crippen molar-refractivity contribution >= 4 is 0 Å². The number of hydrogen-bond acceptors (Lipinski definition) is 2. The summed E-state index contributed by atoms with van der Waals surface area (Å²) in [6, 6.07) is 0.477. The van der Waals surface area contributed by atoms with E-state index in [0.29, 0.717) is 6.04 Å². The van der Waals surface area contributed by atoms with Gasteiger partial charge in [-0.25, -0.2) is 0 Å². The first-order valence-corrected chi connectivity index (χ1v) is 9.13. The third-order valence-corrected chi connectivity index (χ3v) is 4.84. The summed E-state index contributed by atoms with van der Waals surface area (Å²) in [6.07, 6.45) is 6.10. The van der Waals surface area contributed by atoms with E-state index in [9.17, 15) is 0 Å². The van der Waals surface area contributed by atoms with Crippen LogP contribution in [-0.2, 0) is 4.74 Å². The quantitative estimate of drug-likeness (QED) is 0.449. The second kappa shape index (κ2) is 9.32. The lowest BCUT2D eigenvalue weighted by Gasteiger charge is -2.41. The Morgan fingerprint density at radius 1 is 1.26 bits per heavy atom. The van der Waals surface area contributed by atoms with Crippen LogP contribution >= 0.6 is 0 Å². The van der Waals surface area contributed by atoms with Crippen molar-refractivity contribution in [2.75, 3.05) is 20.2 Å². The van der Waals surface area contributed by atoms with E-state index in [0.717, 1.165) is 29.7 Å². The highest BCUT2D eigenvalue weighted by molar-refractivity contribution is 5.38. The summed E-state index contributed by atoms with van der Waals surface area (Å²) in [7, 11) is 1.76. The zero-order chi connectivity index (χ0) is 17.6. The van der Waals surface area contributed by atoms with Gasteiger partial charge in [0.25, 0.3) is 0 Å². The summed E-state index contributed by atoms with van der Waals surface area (Å²) in [5.74, 6) is 2.60. The Morgan fingerprint density at radius 2 is 1.91 bits per heavy atom. The van der Waals surface area contributed by atoms with E-state index < -0.39 is 0 Å². The van der Waals surface area contributed by atoms with Gasteiger partial charge in [0.15, 0.2) is 0 Å². The molecule has 0 bridgehead atoms. The number of likely N-dealkylation sites (tertiary alicyclic amines) is 1. The minimum Gasteiger partial charge on any atom is -0.497 e. The number of methoxy groups -OCH3 is 1. The standard InChI is InChI=1S/C21H37NO/c1-9-22-14-18(12-15(2)3)10-11-20(22)19(16(4)5)13-21(23-8)17(6)7/h13,15,18,20H,4,9-12,14H2,1-3,5-8H3/b19-13+. The molecule has 0 amide bonds. The smallest absolute Gasteiger partial charge is 0.117 e. The van der Waals surface area contributed by atoms with Crippen LogP contribution in [0.2, 0.25) is 0 Å². The van der Waals surface area contributed by atoms with Crippen LogP contribution < -0.4 is 0 Å². The molecule has 0 aromatic carbocycles. The third kappa shape index (κ3) is 5.84. The average molecular weight is 320 g/mol. The second-order valence-electron chi connectivity index (χ2n) is 7.62. The largest absolute Gasteiger partial charge is 0.497 e. The highest BCUT2D eigenvalue weighted by Gasteiger charge is 2.30. The summed E-state index contributed by atoms with van der Waals surface area (Å²) in [5.41, 5.74) is 3.71. The summed E-state index contributed by atoms with van der Waals surface area (Å²) in [5, 5.41) is 0. The van der Waals surface area contributed by atoms with Gasteiger partial charge in [0.2, 0.25) is 0 Å². The van der Waals surface area contributed by atoms with Crippen LogP contribution in [0.15, 0.2) is 35.1 Å². The minimum absolute atomic E-state index is 0.477. The molecular weight excluding hydrogens is 282 g/mol. The maximum Gasteiger partial charge on any atom is 0.117 e. The second-order valence-corrected chi connectivity index (χ2v) is 7.62. The molecule has 1 rings (SSSR count). The van der Waals surface area contributed by atoms with Gasteiger partial charge in [0.05, 0.1) is 7.11 Å². The molecule has 2 atom stereocenters. The number of rotatable bonds is 7. The van der Waals surface area contributed by atoms with E-state index in [2.05, 4.69) is 59.1 Å². The van der Waals surface area contributed by atoms with Gasteiger partial charge >= 0.3 is 0 Å². The topological polar surface area (TPSA) is 12.5 Å². The molecule has 132 valence electrons. The predicted octanol–water partition coefficient (Wildman–Crippen LogP) is 5.58. The lowest BCUT2D eigenvalue weighted by Crippen LogP contribution is -2.44. The molecule has 0 spiro atoms. The first kappa shape index (κ1) is 20.0. The molecule has 0 saturated carbocycles. The fraction of sp³-hybridized carbons (Fsp3) is 0.714. The molecule has 0 N–H and O–H groups in total. The summed E-state index contributed by atoms with van der Waals surface area (Å²) in [6.45, 7) is 19.8. The lowest BCUT2D eigenvalue weighted by atomic mass is 9.83. The first-order valence-electron chi connectivity index (χ1n) is 9.13. The van der Waals surface area contributed by atoms with Gasteiger partial charge in [0.1, 0.15) is 5.76 Å². The third-order valence-electron chi connectivity index (χ3n) is 4.84. The molecule has 0 aromatic rings. The first-order chi connectivity index (χ1) is 10.8. The van der Waals surface area contributed by atoms with Gasteiger partial charge in [-0.15, -0.1) is 0 Å². The molecular formula is C21H37NO. The van der Waals surface area contributed by atoms with Crippen LogP contribution in [0.5, 0.6) is 0 Å². The van der Waals surface area contributed by atoms with Gasteiger partial charge in [-0.05, 0) is 75.6 Å². The van der Waals surface area contributed by atoms with Crippen molar-refractivity contribution in [3.8, 4) is 0 Å². The Kier molecular flexibility index (Phi) is 8.11. The number of nitrogens with zero attached hydrogens (tertiary/aromatic N) is 1. The van der Waals surface area contributed by atoms with Gasteiger partial charge in [-0.1, -0.05) is 32.9 Å². The zero-order valence-corrected chi connectivity index (χ0v) is 16.4. The zero-order valence-electron chi connectivity index (χ0n) is 16.4. The van der Waals surface area contributed by atoms with Gasteiger partial charge in [0, 0.05) is 12.6 Å². The van der Waals surface area contributed by atoms with Gasteiger partial charge < -0.3 is 4.74 Å². The SMILES string of the molecule is C=C(C)/C(=C\C(OC)=C(C)C)C1CCC(CC(C)C)CN1CC. The van der Waals surface area contributed by atoms with E-state index in [4.69, 9.17) is 4.74 Å². The van der Waals surface area contributed by atoms with E-state index in [1.165, 1.54) is 37.0 Å². The van der Waals surface area contributed by atoms with Crippen molar-refractivity contribution in [2.45, 2.75) is 66.8 Å². The molecule has 1 fully saturated rings. The van der Waals surface area contributed by atoms with Crippen molar-refractivity contribution in [3.05, 3.63) is 35.1 Å². The molecule has 1 heterocycles. The van der Waals surface area contributed by atoms with E-state index in [-0.39, 0.29) is 0 Å². The van der Waals surface area contributed by atoms with E-state index in [1.807, 2.05) is 0 Å². The monoisotopic (exact) mass is 319 g/mol. The van der Waals surface area contributed by atoms with Crippen molar-refractivity contribution < 1.29 is 4.74 Å². The molecule has 1 aliphatic rings. The maximum atomic E-state index is 5.57. The molecule has 1 saturated heterocycles. The van der Waals surface area contributed by atoms with Crippen LogP contribution in [0.25, 0.3) is 0 Å². The van der Waals surface area contributed by atoms with Gasteiger partial charge in [-0.2, -0.15) is 0 Å². The highest BCUT2D eigenvalue weighted by Crippen LogP contribution is 2.33. The van der Waals surface area contributed by atoms with Crippen LogP contribution in [0.1, 0.15) is 60.8 Å². The van der Waals surface area contributed by atoms with Crippen LogP contribution in [-0.4, -0.2) is 31.1 Å². The van der Waals surface area contributed by atoms with E-state index in [1.54, 1.807) is 7.11 Å². The predicted molar refractivity (Wildman–Crippen MR) is 101 cm³/mol. The number of likely N-dealkylation sites (N-methyl/N-ethyl adjacent to an activating group) is 1. The fourth-order valence-electron chi connectivity index (χ4n) is 3.74. The fourth-order valence-corrected chi connectivity index (χ4v) is 3.74. The van der Waals surface area contributed by atoms with Crippen LogP contribution in [0.4, 0.5) is 0 Å². The average Bonchev–Trinajstić information content (AvgIpc) is 2.47.